The third kappa shape index (κ3) is 4.29. The van der Waals surface area contributed by atoms with Crippen LogP contribution in [0.5, 0.6) is 0 Å². The van der Waals surface area contributed by atoms with Crippen LogP contribution in [0.4, 0.5) is 4.39 Å². The van der Waals surface area contributed by atoms with E-state index in [0.29, 0.717) is 6.54 Å². The minimum absolute atomic E-state index is 0. The molecule has 0 bridgehead atoms. The molecule has 1 aliphatic heterocycles. The Kier molecular flexibility index (Phi) is 6.87. The molecule has 0 radical (unpaired) electrons. The van der Waals surface area contributed by atoms with Crippen molar-refractivity contribution in [3.05, 3.63) is 35.6 Å². The maximum atomic E-state index is 13.2. The van der Waals surface area contributed by atoms with Gasteiger partial charge in [-0.1, -0.05) is 19.1 Å². The predicted molar refractivity (Wildman–Crippen MR) is 110 cm³/mol. The van der Waals surface area contributed by atoms with Gasteiger partial charge >= 0.3 is 5.97 Å². The average Bonchev–Trinajstić information content (AvgIpc) is 3.31. The molecule has 0 amide bonds. The second-order valence-corrected chi connectivity index (χ2v) is 7.20. The van der Waals surface area contributed by atoms with E-state index in [-0.39, 0.29) is 53.0 Å². The molecule has 144 valence electrons. The first-order valence-electron chi connectivity index (χ1n) is 8.78. The van der Waals surface area contributed by atoms with Crippen molar-refractivity contribution in [3.8, 4) is 0 Å². The van der Waals surface area contributed by atoms with Crippen LogP contribution in [0.1, 0.15) is 25.3 Å². The standard InChI is InChI=1S/C19H26FN3O2.HI/c1-13-10-23(11-16(13)17(24)25-3)18(21-2)22-12-19(8-9-19)14-4-6-15(20)7-5-14;/h4-7,13,16H,8-12H2,1-3H3,(H,21,22);1H. The molecule has 1 aromatic rings. The molecule has 2 fully saturated rings. The third-order valence-corrected chi connectivity index (χ3v) is 5.52. The summed E-state index contributed by atoms with van der Waals surface area (Å²) in [4.78, 5) is 18.4. The number of aliphatic imine (C=N–C) groups is 1. The van der Waals surface area contributed by atoms with E-state index in [1.54, 1.807) is 7.05 Å². The fraction of sp³-hybridized carbons (Fsp3) is 0.579. The Labute approximate surface area is 171 Å². The van der Waals surface area contributed by atoms with E-state index in [9.17, 15) is 9.18 Å². The number of methoxy groups -OCH3 is 1. The zero-order valence-corrected chi connectivity index (χ0v) is 17.8. The lowest BCUT2D eigenvalue weighted by Crippen LogP contribution is -2.43. The van der Waals surface area contributed by atoms with Gasteiger partial charge in [0.05, 0.1) is 13.0 Å². The summed E-state index contributed by atoms with van der Waals surface area (Å²) < 4.78 is 18.1. The quantitative estimate of drug-likeness (QED) is 0.315. The van der Waals surface area contributed by atoms with Crippen LogP contribution in [0.15, 0.2) is 29.3 Å². The van der Waals surface area contributed by atoms with Gasteiger partial charge in [-0.25, -0.2) is 4.39 Å². The molecule has 3 rings (SSSR count). The third-order valence-electron chi connectivity index (χ3n) is 5.52. The fourth-order valence-corrected chi connectivity index (χ4v) is 3.70. The van der Waals surface area contributed by atoms with E-state index in [4.69, 9.17) is 4.74 Å². The van der Waals surface area contributed by atoms with Crippen molar-refractivity contribution in [1.29, 1.82) is 0 Å². The van der Waals surface area contributed by atoms with Crippen molar-refractivity contribution < 1.29 is 13.9 Å². The number of hydrogen-bond acceptors (Lipinski definition) is 3. The minimum atomic E-state index is -0.205. The molecule has 26 heavy (non-hydrogen) atoms. The number of carbonyl (C=O) groups is 1. The molecule has 2 aliphatic rings. The Hall–Kier alpha value is -1.38. The highest BCUT2D eigenvalue weighted by Crippen LogP contribution is 2.47. The van der Waals surface area contributed by atoms with E-state index >= 15 is 0 Å². The Balaban J connectivity index is 0.00000243. The molecule has 7 heteroatoms. The number of nitrogens with zero attached hydrogens (tertiary/aromatic N) is 2. The molecule has 5 nitrogen and oxygen atoms in total. The number of benzene rings is 1. The largest absolute Gasteiger partial charge is 0.469 e. The summed E-state index contributed by atoms with van der Waals surface area (Å²) in [6, 6.07) is 6.79. The molecule has 1 heterocycles. The molecule has 1 saturated heterocycles. The maximum Gasteiger partial charge on any atom is 0.310 e. The molecule has 1 aliphatic carbocycles. The predicted octanol–water partition coefficient (Wildman–Crippen LogP) is 2.79. The molecule has 1 saturated carbocycles. The highest BCUT2D eigenvalue weighted by atomic mass is 127. The number of rotatable bonds is 4. The van der Waals surface area contributed by atoms with Crippen molar-refractivity contribution in [1.82, 2.24) is 10.2 Å². The zero-order valence-electron chi connectivity index (χ0n) is 15.5. The lowest BCUT2D eigenvalue weighted by molar-refractivity contribution is -0.145. The Morgan fingerprint density at radius 1 is 1.35 bits per heavy atom. The number of carbonyl (C=O) groups excluding carboxylic acids is 1. The molecule has 0 aromatic heterocycles. The van der Waals surface area contributed by atoms with Gasteiger partial charge in [0.25, 0.3) is 0 Å². The van der Waals surface area contributed by atoms with Gasteiger partial charge in [0.1, 0.15) is 5.82 Å². The van der Waals surface area contributed by atoms with Gasteiger partial charge in [-0.05, 0) is 36.5 Å². The van der Waals surface area contributed by atoms with Gasteiger partial charge in [-0.3, -0.25) is 9.79 Å². The molecular weight excluding hydrogens is 448 g/mol. The molecule has 1 aromatic carbocycles. The lowest BCUT2D eigenvalue weighted by atomic mass is 9.96. The van der Waals surface area contributed by atoms with Crippen LogP contribution in [0.2, 0.25) is 0 Å². The van der Waals surface area contributed by atoms with E-state index in [1.165, 1.54) is 24.8 Å². The lowest BCUT2D eigenvalue weighted by Gasteiger charge is -2.24. The van der Waals surface area contributed by atoms with Crippen LogP contribution < -0.4 is 5.32 Å². The van der Waals surface area contributed by atoms with Crippen molar-refractivity contribution in [2.45, 2.75) is 25.2 Å². The van der Waals surface area contributed by atoms with Gasteiger partial charge in [0.15, 0.2) is 5.96 Å². The average molecular weight is 475 g/mol. The summed E-state index contributed by atoms with van der Waals surface area (Å²) in [5.74, 6) is 0.568. The van der Waals surface area contributed by atoms with Crippen molar-refractivity contribution in [2.24, 2.45) is 16.8 Å². The van der Waals surface area contributed by atoms with Crippen LogP contribution in [0, 0.1) is 17.7 Å². The molecular formula is C19H27FIN3O2. The topological polar surface area (TPSA) is 53.9 Å². The normalized spacial score (nSPS) is 24.0. The SMILES string of the molecule is CN=C(NCC1(c2ccc(F)cc2)CC1)N1CC(C)C(C(=O)OC)C1.I. The monoisotopic (exact) mass is 475 g/mol. The summed E-state index contributed by atoms with van der Waals surface area (Å²) >= 11 is 0. The van der Waals surface area contributed by atoms with Crippen molar-refractivity contribution in [2.75, 3.05) is 33.8 Å². The van der Waals surface area contributed by atoms with E-state index in [2.05, 4.69) is 22.1 Å². The number of guanidine groups is 1. The van der Waals surface area contributed by atoms with Gasteiger partial charge in [-0.15, -0.1) is 24.0 Å². The number of esters is 1. The second kappa shape index (κ2) is 8.54. The fourth-order valence-electron chi connectivity index (χ4n) is 3.70. The van der Waals surface area contributed by atoms with E-state index < -0.39 is 0 Å². The van der Waals surface area contributed by atoms with Gasteiger partial charge in [-0.2, -0.15) is 0 Å². The Bertz CT molecular complexity index is 661. The number of halogens is 2. The smallest absolute Gasteiger partial charge is 0.310 e. The first kappa shape index (κ1) is 20.9. The first-order chi connectivity index (χ1) is 12.0. The zero-order chi connectivity index (χ0) is 18.0. The highest BCUT2D eigenvalue weighted by molar-refractivity contribution is 14.0. The number of likely N-dealkylation sites (tertiary alicyclic amines) is 1. The maximum absolute atomic E-state index is 13.2. The van der Waals surface area contributed by atoms with E-state index in [1.807, 2.05) is 12.1 Å². The first-order valence-corrected chi connectivity index (χ1v) is 8.78. The number of nitrogens with one attached hydrogen (secondary N) is 1. The van der Waals surface area contributed by atoms with Crippen LogP contribution in [-0.4, -0.2) is 50.6 Å². The summed E-state index contributed by atoms with van der Waals surface area (Å²) in [5, 5.41) is 3.46. The van der Waals surface area contributed by atoms with Gasteiger partial charge in [0.2, 0.25) is 0 Å². The van der Waals surface area contributed by atoms with Gasteiger partial charge in [0, 0.05) is 32.1 Å². The van der Waals surface area contributed by atoms with Crippen LogP contribution in [0.3, 0.4) is 0 Å². The van der Waals surface area contributed by atoms with Crippen LogP contribution >= 0.6 is 24.0 Å². The Morgan fingerprint density at radius 2 is 2.00 bits per heavy atom. The Morgan fingerprint density at radius 3 is 2.54 bits per heavy atom. The van der Waals surface area contributed by atoms with Crippen molar-refractivity contribution >= 4 is 35.9 Å². The van der Waals surface area contributed by atoms with Crippen LogP contribution in [0.25, 0.3) is 0 Å². The summed E-state index contributed by atoms with van der Waals surface area (Å²) in [6.07, 6.45) is 2.17. The minimum Gasteiger partial charge on any atom is -0.469 e. The summed E-state index contributed by atoms with van der Waals surface area (Å²) in [7, 11) is 3.19. The van der Waals surface area contributed by atoms with Crippen LogP contribution in [-0.2, 0) is 14.9 Å². The van der Waals surface area contributed by atoms with Crippen molar-refractivity contribution in [3.63, 3.8) is 0 Å². The van der Waals surface area contributed by atoms with Gasteiger partial charge < -0.3 is 15.0 Å². The summed E-state index contributed by atoms with van der Waals surface area (Å²) in [6.45, 7) is 4.23. The summed E-state index contributed by atoms with van der Waals surface area (Å²) in [5.41, 5.74) is 1.23. The number of ether oxygens (including phenoxy) is 1. The highest BCUT2D eigenvalue weighted by Gasteiger charge is 2.45. The molecule has 1 N–H and O–H groups in total. The van der Waals surface area contributed by atoms with E-state index in [0.717, 1.165) is 31.9 Å². The number of hydrogen-bond donors (Lipinski definition) is 1. The molecule has 2 atom stereocenters. The molecule has 2 unspecified atom stereocenters. The molecule has 0 spiro atoms. The second-order valence-electron chi connectivity index (χ2n) is 7.20.